The lowest BCUT2D eigenvalue weighted by molar-refractivity contribution is 0.104. The van der Waals surface area contributed by atoms with Crippen molar-refractivity contribution in [1.82, 2.24) is 0 Å². The molecule has 0 fully saturated rings. The number of benzene rings is 2. The predicted octanol–water partition coefficient (Wildman–Crippen LogP) is 5.29. The number of hydrogen-bond donors (Lipinski definition) is 1. The molecule has 0 aliphatic heterocycles. The number of rotatable bonds is 7. The SMILES string of the molecule is C=C(C)CCOc1ccc(/C=C/C(=O)c2cccc(Cl)c2)c(O)c1. The Morgan fingerprint density at radius 2 is 2.08 bits per heavy atom. The van der Waals surface area contributed by atoms with Gasteiger partial charge in [0.25, 0.3) is 0 Å². The van der Waals surface area contributed by atoms with Crippen molar-refractivity contribution >= 4 is 23.5 Å². The third-order valence-corrected chi connectivity index (χ3v) is 3.56. The molecule has 2 aromatic rings. The third-order valence-electron chi connectivity index (χ3n) is 3.32. The van der Waals surface area contributed by atoms with Crippen molar-refractivity contribution in [2.75, 3.05) is 6.61 Å². The highest BCUT2D eigenvalue weighted by atomic mass is 35.5. The van der Waals surface area contributed by atoms with Crippen LogP contribution < -0.4 is 4.74 Å². The number of phenols is 1. The molecule has 0 aliphatic rings. The minimum absolute atomic E-state index is 0.0537. The van der Waals surface area contributed by atoms with E-state index < -0.39 is 0 Å². The molecule has 0 amide bonds. The van der Waals surface area contributed by atoms with Crippen molar-refractivity contribution in [3.8, 4) is 11.5 Å². The van der Waals surface area contributed by atoms with Gasteiger partial charge in [-0.3, -0.25) is 4.79 Å². The molecule has 24 heavy (non-hydrogen) atoms. The fourth-order valence-corrected chi connectivity index (χ4v) is 2.19. The maximum absolute atomic E-state index is 12.1. The molecule has 0 saturated heterocycles. The molecule has 124 valence electrons. The van der Waals surface area contributed by atoms with Gasteiger partial charge < -0.3 is 9.84 Å². The number of ketones is 1. The van der Waals surface area contributed by atoms with E-state index in [1.54, 1.807) is 42.5 Å². The summed E-state index contributed by atoms with van der Waals surface area (Å²) in [6.45, 7) is 6.26. The van der Waals surface area contributed by atoms with Crippen LogP contribution in [-0.4, -0.2) is 17.5 Å². The first kappa shape index (κ1) is 17.8. The summed E-state index contributed by atoms with van der Waals surface area (Å²) >= 11 is 5.87. The van der Waals surface area contributed by atoms with Crippen LogP contribution in [0, 0.1) is 0 Å². The van der Waals surface area contributed by atoms with Crippen LogP contribution in [0.1, 0.15) is 29.3 Å². The van der Waals surface area contributed by atoms with Gasteiger partial charge in [-0.05, 0) is 43.3 Å². The Kier molecular flexibility index (Phi) is 6.21. The topological polar surface area (TPSA) is 46.5 Å². The number of aromatic hydroxyl groups is 1. The van der Waals surface area contributed by atoms with E-state index in [1.165, 1.54) is 12.1 Å². The van der Waals surface area contributed by atoms with Crippen molar-refractivity contribution in [3.63, 3.8) is 0 Å². The maximum atomic E-state index is 12.1. The van der Waals surface area contributed by atoms with Crippen molar-refractivity contribution in [2.24, 2.45) is 0 Å². The normalized spacial score (nSPS) is 10.8. The summed E-state index contributed by atoms with van der Waals surface area (Å²) in [5.74, 6) is 0.448. The van der Waals surface area contributed by atoms with Gasteiger partial charge in [0.15, 0.2) is 5.78 Å². The number of hydrogen-bond acceptors (Lipinski definition) is 3. The lowest BCUT2D eigenvalue weighted by Gasteiger charge is -2.07. The molecular weight excluding hydrogens is 324 g/mol. The first-order chi connectivity index (χ1) is 11.5. The van der Waals surface area contributed by atoms with Gasteiger partial charge in [-0.25, -0.2) is 0 Å². The summed E-state index contributed by atoms with van der Waals surface area (Å²) < 4.78 is 5.53. The minimum Gasteiger partial charge on any atom is -0.507 e. The van der Waals surface area contributed by atoms with E-state index in [1.807, 2.05) is 6.92 Å². The van der Waals surface area contributed by atoms with Gasteiger partial charge in [-0.2, -0.15) is 0 Å². The number of halogens is 1. The Morgan fingerprint density at radius 1 is 1.29 bits per heavy atom. The molecular formula is C20H19ClO3. The van der Waals surface area contributed by atoms with E-state index in [4.69, 9.17) is 16.3 Å². The number of phenolic OH excluding ortho intramolecular Hbond substituents is 1. The monoisotopic (exact) mass is 342 g/mol. The molecule has 0 aromatic heterocycles. The Bertz CT molecular complexity index is 778. The van der Waals surface area contributed by atoms with Gasteiger partial charge in [-0.1, -0.05) is 29.3 Å². The molecule has 2 aromatic carbocycles. The van der Waals surface area contributed by atoms with E-state index in [-0.39, 0.29) is 11.5 Å². The molecule has 0 aliphatic carbocycles. The van der Waals surface area contributed by atoms with Gasteiger partial charge in [0.05, 0.1) is 6.61 Å². The van der Waals surface area contributed by atoms with Crippen molar-refractivity contribution in [2.45, 2.75) is 13.3 Å². The molecule has 0 atom stereocenters. The molecule has 0 radical (unpaired) electrons. The number of carbonyl (C=O) groups excluding carboxylic acids is 1. The van der Waals surface area contributed by atoms with Gasteiger partial charge in [-0.15, -0.1) is 6.58 Å². The maximum Gasteiger partial charge on any atom is 0.185 e. The van der Waals surface area contributed by atoms with E-state index in [0.29, 0.717) is 28.5 Å². The van der Waals surface area contributed by atoms with Crippen molar-refractivity contribution in [1.29, 1.82) is 0 Å². The first-order valence-corrected chi connectivity index (χ1v) is 7.91. The summed E-state index contributed by atoms with van der Waals surface area (Å²) in [6, 6.07) is 11.7. The average Bonchev–Trinajstić information content (AvgIpc) is 2.53. The summed E-state index contributed by atoms with van der Waals surface area (Å²) in [6.07, 6.45) is 3.73. The fourth-order valence-electron chi connectivity index (χ4n) is 2.00. The van der Waals surface area contributed by atoms with Crippen LogP contribution in [-0.2, 0) is 0 Å². The number of ether oxygens (including phenoxy) is 1. The second kappa shape index (κ2) is 8.37. The van der Waals surface area contributed by atoms with Gasteiger partial charge >= 0.3 is 0 Å². The van der Waals surface area contributed by atoms with Crippen molar-refractivity contribution in [3.05, 3.63) is 76.8 Å². The molecule has 0 unspecified atom stereocenters. The highest BCUT2D eigenvalue weighted by Gasteiger charge is 2.04. The van der Waals surface area contributed by atoms with Crippen LogP contribution in [0.3, 0.4) is 0 Å². The zero-order valence-electron chi connectivity index (χ0n) is 13.5. The van der Waals surface area contributed by atoms with E-state index in [0.717, 1.165) is 12.0 Å². The van der Waals surface area contributed by atoms with Crippen LogP contribution in [0.4, 0.5) is 0 Å². The molecule has 3 nitrogen and oxygen atoms in total. The largest absolute Gasteiger partial charge is 0.507 e. The Balaban J connectivity index is 2.04. The molecule has 2 rings (SSSR count). The second-order valence-corrected chi connectivity index (χ2v) is 5.92. The zero-order chi connectivity index (χ0) is 17.5. The minimum atomic E-state index is -0.182. The number of carbonyl (C=O) groups is 1. The summed E-state index contributed by atoms with van der Waals surface area (Å²) in [4.78, 5) is 12.1. The first-order valence-electron chi connectivity index (χ1n) is 7.54. The number of allylic oxidation sites excluding steroid dienone is 1. The van der Waals surface area contributed by atoms with E-state index in [2.05, 4.69) is 6.58 Å². The molecule has 0 heterocycles. The average molecular weight is 343 g/mol. The molecule has 0 spiro atoms. The molecule has 0 bridgehead atoms. The highest BCUT2D eigenvalue weighted by molar-refractivity contribution is 6.31. The Labute approximate surface area is 146 Å². The van der Waals surface area contributed by atoms with Crippen LogP contribution in [0.15, 0.2) is 60.7 Å². The second-order valence-electron chi connectivity index (χ2n) is 5.48. The molecule has 4 heteroatoms. The van der Waals surface area contributed by atoms with E-state index >= 15 is 0 Å². The van der Waals surface area contributed by atoms with Crippen LogP contribution in [0.2, 0.25) is 5.02 Å². The summed E-state index contributed by atoms with van der Waals surface area (Å²) in [7, 11) is 0. The standard InChI is InChI=1S/C20H19ClO3/c1-14(2)10-11-24-18-8-6-15(20(23)13-18)7-9-19(22)16-4-3-5-17(21)12-16/h3-9,12-13,23H,1,10-11H2,2H3/b9-7+. The summed E-state index contributed by atoms with van der Waals surface area (Å²) in [5, 5.41) is 10.6. The molecule has 0 saturated carbocycles. The van der Waals surface area contributed by atoms with Crippen LogP contribution in [0.25, 0.3) is 6.08 Å². The van der Waals surface area contributed by atoms with Crippen LogP contribution in [0.5, 0.6) is 11.5 Å². The third kappa shape index (κ3) is 5.28. The highest BCUT2D eigenvalue weighted by Crippen LogP contribution is 2.25. The van der Waals surface area contributed by atoms with Gasteiger partial charge in [0.1, 0.15) is 11.5 Å². The fraction of sp³-hybridized carbons (Fsp3) is 0.150. The van der Waals surface area contributed by atoms with Crippen LogP contribution >= 0.6 is 11.6 Å². The van der Waals surface area contributed by atoms with Gasteiger partial charge in [0.2, 0.25) is 0 Å². The Morgan fingerprint density at radius 3 is 2.75 bits per heavy atom. The quantitative estimate of drug-likeness (QED) is 0.422. The molecule has 1 N–H and O–H groups in total. The lowest BCUT2D eigenvalue weighted by atomic mass is 10.1. The predicted molar refractivity (Wildman–Crippen MR) is 97.8 cm³/mol. The smallest absolute Gasteiger partial charge is 0.185 e. The lowest BCUT2D eigenvalue weighted by Crippen LogP contribution is -1.97. The van der Waals surface area contributed by atoms with Gasteiger partial charge in [0, 0.05) is 28.6 Å². The summed E-state index contributed by atoms with van der Waals surface area (Å²) in [5.41, 5.74) is 2.08. The Hall–Kier alpha value is -2.52. The zero-order valence-corrected chi connectivity index (χ0v) is 14.2. The van der Waals surface area contributed by atoms with Crippen molar-refractivity contribution < 1.29 is 14.6 Å². The van der Waals surface area contributed by atoms with E-state index in [9.17, 15) is 9.90 Å².